The van der Waals surface area contributed by atoms with Crippen LogP contribution in [-0.4, -0.2) is 78.6 Å². The Labute approximate surface area is 347 Å². The number of rotatable bonds is 4. The molecule has 5 aromatic rings. The van der Waals surface area contributed by atoms with E-state index < -0.39 is 46.8 Å². The van der Waals surface area contributed by atoms with Gasteiger partial charge in [-0.3, -0.25) is 10.6 Å². The standard InChI is InChI=1S/C42H52N10O8/c1-39(2,3)57-35(53)49-33(50-36(54)58-40(4,5)6)43-25-17-19-27-29(21-25)47-31(45-27)23-13-15-24(16-14-23)32-46-28-20-18-26(22-30(28)48-32)44-34(51-37(55)59-41(7,8)9)52-38(56)60-42(10,11)12/h13-22H,1-12H3,(H,45,47)(H,46,48)(H2,43,49,50,53,54)(H2,44,51,52,55,56). The summed E-state index contributed by atoms with van der Waals surface area (Å²) in [5, 5.41) is 10.9. The van der Waals surface area contributed by atoms with Crippen LogP contribution in [0.2, 0.25) is 0 Å². The molecule has 0 atom stereocenters. The van der Waals surface area contributed by atoms with E-state index in [2.05, 4.69) is 41.2 Å². The highest BCUT2D eigenvalue weighted by Gasteiger charge is 2.23. The van der Waals surface area contributed by atoms with Gasteiger partial charge in [0.15, 0.2) is 0 Å². The third-order valence-corrected chi connectivity index (χ3v) is 7.35. The lowest BCUT2D eigenvalue weighted by Gasteiger charge is -2.21. The number of hydrogen-bond donors (Lipinski definition) is 6. The molecule has 4 amide bonds. The number of imidazole rings is 2. The molecule has 2 heterocycles. The van der Waals surface area contributed by atoms with Crippen LogP contribution in [0.15, 0.2) is 70.6 Å². The highest BCUT2D eigenvalue weighted by molar-refractivity contribution is 6.07. The number of H-pyrrole nitrogens is 2. The average Bonchev–Trinajstić information content (AvgIpc) is 3.69. The molecule has 5 rings (SSSR count). The van der Waals surface area contributed by atoms with Gasteiger partial charge in [0.05, 0.1) is 22.1 Å². The van der Waals surface area contributed by atoms with Crippen LogP contribution in [0.4, 0.5) is 30.6 Å². The van der Waals surface area contributed by atoms with Crippen molar-refractivity contribution in [2.45, 2.75) is 105 Å². The lowest BCUT2D eigenvalue weighted by atomic mass is 10.1. The molecule has 318 valence electrons. The number of nitrogens with one attached hydrogen (secondary N) is 6. The minimum absolute atomic E-state index is 0.182. The Bertz CT molecular complexity index is 2290. The Morgan fingerprint density at radius 1 is 0.500 bits per heavy atom. The van der Waals surface area contributed by atoms with Crippen molar-refractivity contribution in [1.82, 2.24) is 30.6 Å². The highest BCUT2D eigenvalue weighted by Crippen LogP contribution is 2.27. The molecule has 18 heteroatoms. The largest absolute Gasteiger partial charge is 0.444 e. The number of nitrogens with zero attached hydrogens (tertiary/aromatic N) is 4. The maximum Gasteiger partial charge on any atom is 0.437 e. The van der Waals surface area contributed by atoms with Crippen molar-refractivity contribution in [3.8, 4) is 22.8 Å². The minimum Gasteiger partial charge on any atom is -0.444 e. The van der Waals surface area contributed by atoms with Gasteiger partial charge in [0, 0.05) is 22.5 Å². The molecular formula is C42H52N10O8. The van der Waals surface area contributed by atoms with Gasteiger partial charge in [0.2, 0.25) is 11.9 Å². The average molecular weight is 825 g/mol. The number of benzene rings is 3. The number of guanidine groups is 2. The molecule has 6 N–H and O–H groups in total. The molecule has 60 heavy (non-hydrogen) atoms. The van der Waals surface area contributed by atoms with E-state index >= 15 is 0 Å². The predicted molar refractivity (Wildman–Crippen MR) is 230 cm³/mol. The fourth-order valence-electron chi connectivity index (χ4n) is 5.23. The second-order valence-corrected chi connectivity index (χ2v) is 17.6. The van der Waals surface area contributed by atoms with Crippen molar-refractivity contribution in [3.63, 3.8) is 0 Å². The number of anilines is 2. The van der Waals surface area contributed by atoms with E-state index in [1.165, 1.54) is 0 Å². The molecule has 0 aliphatic heterocycles. The first-order valence-electron chi connectivity index (χ1n) is 19.0. The summed E-state index contributed by atoms with van der Waals surface area (Å²) in [7, 11) is 0. The molecule has 0 aliphatic rings. The van der Waals surface area contributed by atoms with Gasteiger partial charge in [-0.2, -0.15) is 0 Å². The van der Waals surface area contributed by atoms with Crippen LogP contribution >= 0.6 is 0 Å². The molecule has 0 radical (unpaired) electrons. The number of amides is 4. The molecule has 0 saturated heterocycles. The molecule has 0 fully saturated rings. The summed E-state index contributed by atoms with van der Waals surface area (Å²) in [6.45, 7) is 20.6. The summed E-state index contributed by atoms with van der Waals surface area (Å²) in [4.78, 5) is 74.2. The van der Waals surface area contributed by atoms with Crippen molar-refractivity contribution in [2.24, 2.45) is 9.98 Å². The maximum atomic E-state index is 12.6. The van der Waals surface area contributed by atoms with Crippen LogP contribution in [0.25, 0.3) is 44.8 Å². The molecule has 0 bridgehead atoms. The van der Waals surface area contributed by atoms with Gasteiger partial charge in [0.25, 0.3) is 0 Å². The van der Waals surface area contributed by atoms with E-state index in [1.807, 2.05) is 24.3 Å². The van der Waals surface area contributed by atoms with Crippen LogP contribution in [0.1, 0.15) is 83.1 Å². The summed E-state index contributed by atoms with van der Waals surface area (Å²) in [6, 6.07) is 18.2. The van der Waals surface area contributed by atoms with Gasteiger partial charge < -0.3 is 39.5 Å². The highest BCUT2D eigenvalue weighted by atomic mass is 16.6. The van der Waals surface area contributed by atoms with E-state index in [0.717, 1.165) is 11.1 Å². The summed E-state index contributed by atoms with van der Waals surface area (Å²) in [6.07, 6.45) is -3.41. The number of aliphatic imine (C=N–C) groups is 2. The smallest absolute Gasteiger partial charge is 0.437 e. The van der Waals surface area contributed by atoms with Crippen molar-refractivity contribution < 1.29 is 38.1 Å². The number of ether oxygens (including phenoxy) is 4. The van der Waals surface area contributed by atoms with Crippen LogP contribution in [-0.2, 0) is 18.9 Å². The summed E-state index contributed by atoms with van der Waals surface area (Å²) >= 11 is 0. The Morgan fingerprint density at radius 3 is 1.15 bits per heavy atom. The van der Waals surface area contributed by atoms with E-state index in [-0.39, 0.29) is 11.9 Å². The lowest BCUT2D eigenvalue weighted by molar-refractivity contribution is 0.0545. The van der Waals surface area contributed by atoms with Crippen LogP contribution in [0.3, 0.4) is 0 Å². The van der Waals surface area contributed by atoms with E-state index in [1.54, 1.807) is 119 Å². The summed E-state index contributed by atoms with van der Waals surface area (Å²) in [5.41, 5.74) is 2.15. The number of fused-ring (bicyclic) bond motifs is 2. The normalized spacial score (nSPS) is 12.8. The lowest BCUT2D eigenvalue weighted by Crippen LogP contribution is -2.40. The number of alkyl carbamates (subject to hydrolysis) is 2. The predicted octanol–water partition coefficient (Wildman–Crippen LogP) is 9.23. The van der Waals surface area contributed by atoms with Gasteiger partial charge in [-0.25, -0.2) is 29.1 Å². The van der Waals surface area contributed by atoms with Crippen molar-refractivity contribution in [3.05, 3.63) is 60.7 Å². The Hall–Kier alpha value is -6.98. The number of carbonyl (C=O) groups excluding carboxylic acids is 4. The summed E-state index contributed by atoms with van der Waals surface area (Å²) < 4.78 is 21.3. The zero-order valence-corrected chi connectivity index (χ0v) is 35.8. The van der Waals surface area contributed by atoms with E-state index in [9.17, 15) is 19.2 Å². The van der Waals surface area contributed by atoms with Crippen LogP contribution in [0.5, 0.6) is 0 Å². The monoisotopic (exact) mass is 824 g/mol. The Kier molecular flexibility index (Phi) is 12.6. The van der Waals surface area contributed by atoms with Crippen molar-refractivity contribution in [1.29, 1.82) is 0 Å². The molecule has 18 nitrogen and oxygen atoms in total. The Balaban J connectivity index is 1.33. The third-order valence-electron chi connectivity index (χ3n) is 7.35. The molecule has 3 aromatic carbocycles. The number of carbonyl (C=O) groups is 4. The van der Waals surface area contributed by atoms with Crippen molar-refractivity contribution in [2.75, 3.05) is 10.6 Å². The molecule has 2 aromatic heterocycles. The second-order valence-electron chi connectivity index (χ2n) is 17.6. The van der Waals surface area contributed by atoms with Gasteiger partial charge in [-0.1, -0.05) is 24.3 Å². The molecule has 0 unspecified atom stereocenters. The van der Waals surface area contributed by atoms with Crippen molar-refractivity contribution >= 4 is 69.7 Å². The first kappa shape index (κ1) is 44.1. The van der Waals surface area contributed by atoms with Crippen LogP contribution < -0.4 is 21.3 Å². The van der Waals surface area contributed by atoms with E-state index in [0.29, 0.717) is 45.1 Å². The minimum atomic E-state index is -0.899. The molecular weight excluding hydrogens is 773 g/mol. The number of hydrogen-bond acceptors (Lipinski definition) is 10. The van der Waals surface area contributed by atoms with Gasteiger partial charge in [-0.15, -0.1) is 9.98 Å². The van der Waals surface area contributed by atoms with Gasteiger partial charge in [-0.05, 0) is 119 Å². The quantitative estimate of drug-likeness (QED) is 0.0565. The topological polar surface area (TPSA) is 235 Å². The van der Waals surface area contributed by atoms with Gasteiger partial charge >= 0.3 is 24.4 Å². The number of aromatic amines is 2. The molecule has 0 aliphatic carbocycles. The maximum absolute atomic E-state index is 12.6. The Morgan fingerprint density at radius 2 is 0.833 bits per heavy atom. The van der Waals surface area contributed by atoms with Crippen LogP contribution in [0, 0.1) is 0 Å². The van der Waals surface area contributed by atoms with Gasteiger partial charge in [0.1, 0.15) is 34.1 Å². The fraction of sp³-hybridized carbons (Fsp3) is 0.381. The SMILES string of the molecule is CC(C)(C)OC(=O)N=C(NC(=O)OC(C)(C)C)Nc1ccc2nc(-c3ccc(-c4nc5ccc(NC(=NC(=O)OC(C)(C)C)NC(=O)OC(C)(C)C)cc5[nH]4)cc3)[nH]c2c1. The molecule has 0 saturated carbocycles. The first-order valence-corrected chi connectivity index (χ1v) is 19.0. The second kappa shape index (κ2) is 17.1. The zero-order valence-electron chi connectivity index (χ0n) is 35.8. The third kappa shape index (κ3) is 13.6. The van der Waals surface area contributed by atoms with E-state index in [4.69, 9.17) is 28.9 Å². The number of aromatic nitrogens is 4. The fourth-order valence-corrected chi connectivity index (χ4v) is 5.23. The summed E-state index contributed by atoms with van der Waals surface area (Å²) in [5.74, 6) is 0.844. The zero-order chi connectivity index (χ0) is 44.2. The molecule has 0 spiro atoms. The first-order chi connectivity index (χ1) is 27.8.